The summed E-state index contributed by atoms with van der Waals surface area (Å²) in [6.07, 6.45) is 1.09. The van der Waals surface area contributed by atoms with Crippen molar-refractivity contribution >= 4 is 27.9 Å². The van der Waals surface area contributed by atoms with E-state index in [0.29, 0.717) is 60.7 Å². The smallest absolute Gasteiger partial charge is 0.409 e. The summed E-state index contributed by atoms with van der Waals surface area (Å²) >= 11 is 3.43. The van der Waals surface area contributed by atoms with Gasteiger partial charge in [-0.15, -0.1) is 0 Å². The highest BCUT2D eigenvalue weighted by Gasteiger charge is 2.25. The van der Waals surface area contributed by atoms with Crippen LogP contribution in [-0.2, 0) is 4.74 Å². The number of piperidine rings is 1. The molecule has 0 radical (unpaired) electrons. The Labute approximate surface area is 162 Å². The van der Waals surface area contributed by atoms with Crippen molar-refractivity contribution in [2.75, 3.05) is 33.4 Å². The molecule has 26 heavy (non-hydrogen) atoms. The summed E-state index contributed by atoms with van der Waals surface area (Å²) in [5, 5.41) is 3.02. The van der Waals surface area contributed by atoms with Crippen LogP contribution < -0.4 is 14.8 Å². The Kier molecular flexibility index (Phi) is 7.56. The Morgan fingerprint density at radius 1 is 1.23 bits per heavy atom. The van der Waals surface area contributed by atoms with Gasteiger partial charge < -0.3 is 24.4 Å². The first-order valence-corrected chi connectivity index (χ1v) is 9.52. The van der Waals surface area contributed by atoms with Crippen molar-refractivity contribution in [1.29, 1.82) is 0 Å². The number of methoxy groups -OCH3 is 1. The topological polar surface area (TPSA) is 77.1 Å². The van der Waals surface area contributed by atoms with Gasteiger partial charge in [0.25, 0.3) is 5.91 Å². The van der Waals surface area contributed by atoms with Crippen LogP contribution in [0.1, 0.15) is 37.0 Å². The normalized spacial score (nSPS) is 14.7. The third-order valence-electron chi connectivity index (χ3n) is 4.14. The van der Waals surface area contributed by atoms with Crippen LogP contribution in [0, 0.1) is 0 Å². The van der Waals surface area contributed by atoms with Gasteiger partial charge in [-0.3, -0.25) is 4.79 Å². The van der Waals surface area contributed by atoms with Gasteiger partial charge in [-0.05, 0) is 54.8 Å². The van der Waals surface area contributed by atoms with Gasteiger partial charge in [0.1, 0.15) is 0 Å². The molecule has 1 aliphatic heterocycles. The highest BCUT2D eigenvalue weighted by molar-refractivity contribution is 9.10. The average molecular weight is 429 g/mol. The molecule has 144 valence electrons. The molecular weight excluding hydrogens is 404 g/mol. The number of nitrogens with zero attached hydrogens (tertiary/aromatic N) is 1. The van der Waals surface area contributed by atoms with Crippen LogP contribution in [-0.4, -0.2) is 56.4 Å². The third kappa shape index (κ3) is 5.03. The fourth-order valence-electron chi connectivity index (χ4n) is 2.83. The molecule has 0 unspecified atom stereocenters. The quantitative estimate of drug-likeness (QED) is 0.752. The number of likely N-dealkylation sites (tertiary alicyclic amines) is 1. The van der Waals surface area contributed by atoms with Crippen molar-refractivity contribution in [3.8, 4) is 11.5 Å². The van der Waals surface area contributed by atoms with E-state index in [1.54, 1.807) is 24.0 Å². The predicted molar refractivity (Wildman–Crippen MR) is 101 cm³/mol. The monoisotopic (exact) mass is 428 g/mol. The Bertz CT molecular complexity index is 645. The van der Waals surface area contributed by atoms with Crippen molar-refractivity contribution in [1.82, 2.24) is 10.2 Å². The van der Waals surface area contributed by atoms with Gasteiger partial charge in [-0.25, -0.2) is 4.79 Å². The summed E-state index contributed by atoms with van der Waals surface area (Å²) in [4.78, 5) is 26.0. The molecule has 0 spiro atoms. The van der Waals surface area contributed by atoms with Crippen LogP contribution in [0.25, 0.3) is 0 Å². The molecule has 1 aliphatic rings. The molecular formula is C18H25BrN2O5. The molecule has 0 bridgehead atoms. The first-order valence-electron chi connectivity index (χ1n) is 8.73. The van der Waals surface area contributed by atoms with E-state index in [1.807, 2.05) is 6.92 Å². The van der Waals surface area contributed by atoms with Gasteiger partial charge >= 0.3 is 6.09 Å². The number of hydrogen-bond donors (Lipinski definition) is 1. The van der Waals surface area contributed by atoms with Crippen LogP contribution >= 0.6 is 15.9 Å². The van der Waals surface area contributed by atoms with E-state index < -0.39 is 0 Å². The van der Waals surface area contributed by atoms with E-state index in [0.717, 1.165) is 0 Å². The van der Waals surface area contributed by atoms with Gasteiger partial charge in [0.05, 0.1) is 24.8 Å². The number of amides is 2. The SMILES string of the molecule is CCOC(=O)N1CCC(NC(=O)c2cc(Br)c(OCC)c(OC)c2)CC1. The molecule has 7 nitrogen and oxygen atoms in total. The Morgan fingerprint density at radius 2 is 1.92 bits per heavy atom. The molecule has 0 aliphatic carbocycles. The summed E-state index contributed by atoms with van der Waals surface area (Å²) in [6, 6.07) is 3.40. The van der Waals surface area contributed by atoms with E-state index in [1.165, 1.54) is 7.11 Å². The molecule has 1 saturated heterocycles. The van der Waals surface area contributed by atoms with Gasteiger partial charge in [-0.1, -0.05) is 0 Å². The van der Waals surface area contributed by atoms with Crippen molar-refractivity contribution in [2.24, 2.45) is 0 Å². The summed E-state index contributed by atoms with van der Waals surface area (Å²) in [7, 11) is 1.54. The van der Waals surface area contributed by atoms with Gasteiger partial charge in [0.2, 0.25) is 0 Å². The third-order valence-corrected chi connectivity index (χ3v) is 4.73. The zero-order chi connectivity index (χ0) is 19.1. The van der Waals surface area contributed by atoms with Gasteiger partial charge in [-0.2, -0.15) is 0 Å². The molecule has 0 saturated carbocycles. The van der Waals surface area contributed by atoms with Crippen molar-refractivity contribution in [3.63, 3.8) is 0 Å². The molecule has 1 N–H and O–H groups in total. The van der Waals surface area contributed by atoms with E-state index in [-0.39, 0.29) is 18.0 Å². The minimum atomic E-state index is -0.294. The molecule has 1 aromatic rings. The van der Waals surface area contributed by atoms with Crippen LogP contribution in [0.5, 0.6) is 11.5 Å². The lowest BCUT2D eigenvalue weighted by atomic mass is 10.0. The van der Waals surface area contributed by atoms with E-state index >= 15 is 0 Å². The van der Waals surface area contributed by atoms with Crippen LogP contribution in [0.15, 0.2) is 16.6 Å². The van der Waals surface area contributed by atoms with E-state index in [4.69, 9.17) is 14.2 Å². The van der Waals surface area contributed by atoms with Crippen LogP contribution in [0.4, 0.5) is 4.79 Å². The molecule has 1 fully saturated rings. The summed E-state index contributed by atoms with van der Waals surface area (Å²) in [6.45, 7) is 5.67. The Balaban J connectivity index is 1.98. The minimum Gasteiger partial charge on any atom is -0.493 e. The second kappa shape index (κ2) is 9.66. The highest BCUT2D eigenvalue weighted by atomic mass is 79.9. The molecule has 0 aromatic heterocycles. The molecule has 2 amide bonds. The lowest BCUT2D eigenvalue weighted by Gasteiger charge is -2.31. The number of rotatable bonds is 6. The van der Waals surface area contributed by atoms with Crippen molar-refractivity contribution in [3.05, 3.63) is 22.2 Å². The lowest BCUT2D eigenvalue weighted by Crippen LogP contribution is -2.46. The molecule has 2 rings (SSSR count). The molecule has 1 aromatic carbocycles. The fraction of sp³-hybridized carbons (Fsp3) is 0.556. The van der Waals surface area contributed by atoms with Gasteiger partial charge in [0, 0.05) is 24.7 Å². The second-order valence-corrected chi connectivity index (χ2v) is 6.71. The molecule has 8 heteroatoms. The Morgan fingerprint density at radius 3 is 2.50 bits per heavy atom. The predicted octanol–water partition coefficient (Wildman–Crippen LogP) is 3.21. The zero-order valence-corrected chi connectivity index (χ0v) is 16.9. The molecule has 0 atom stereocenters. The minimum absolute atomic E-state index is 0.0181. The highest BCUT2D eigenvalue weighted by Crippen LogP contribution is 2.36. The number of ether oxygens (including phenoxy) is 3. The van der Waals surface area contributed by atoms with Gasteiger partial charge in [0.15, 0.2) is 11.5 Å². The maximum Gasteiger partial charge on any atom is 0.409 e. The van der Waals surface area contributed by atoms with E-state index in [9.17, 15) is 9.59 Å². The zero-order valence-electron chi connectivity index (χ0n) is 15.3. The summed E-state index contributed by atoms with van der Waals surface area (Å²) < 4.78 is 16.5. The van der Waals surface area contributed by atoms with E-state index in [2.05, 4.69) is 21.2 Å². The largest absolute Gasteiger partial charge is 0.493 e. The maximum atomic E-state index is 12.6. The standard InChI is InChI=1S/C18H25BrN2O5/c1-4-25-16-14(19)10-12(11-15(16)24-3)17(22)20-13-6-8-21(9-7-13)18(23)26-5-2/h10-11,13H,4-9H2,1-3H3,(H,20,22). The average Bonchev–Trinajstić information content (AvgIpc) is 2.64. The molecule has 1 heterocycles. The summed E-state index contributed by atoms with van der Waals surface area (Å²) in [5.74, 6) is 0.902. The number of carbonyl (C=O) groups excluding carboxylic acids is 2. The number of hydrogen-bond acceptors (Lipinski definition) is 5. The lowest BCUT2D eigenvalue weighted by molar-refractivity contribution is 0.0859. The number of benzene rings is 1. The fourth-order valence-corrected chi connectivity index (χ4v) is 3.38. The van der Waals surface area contributed by atoms with Crippen molar-refractivity contribution in [2.45, 2.75) is 32.7 Å². The second-order valence-electron chi connectivity index (χ2n) is 5.86. The number of nitrogens with one attached hydrogen (secondary N) is 1. The summed E-state index contributed by atoms with van der Waals surface area (Å²) in [5.41, 5.74) is 0.491. The van der Waals surface area contributed by atoms with Crippen molar-refractivity contribution < 1.29 is 23.8 Å². The number of halogens is 1. The van der Waals surface area contributed by atoms with Crippen LogP contribution in [0.3, 0.4) is 0 Å². The Hall–Kier alpha value is -1.96. The maximum absolute atomic E-state index is 12.6. The first kappa shape index (κ1) is 20.4. The number of carbonyl (C=O) groups is 2. The first-order chi connectivity index (χ1) is 12.5. The van der Waals surface area contributed by atoms with Crippen LogP contribution in [0.2, 0.25) is 0 Å².